The highest BCUT2D eigenvalue weighted by molar-refractivity contribution is 5.56. The van der Waals surface area contributed by atoms with E-state index >= 15 is 0 Å². The fourth-order valence-corrected chi connectivity index (χ4v) is 2.16. The van der Waals surface area contributed by atoms with E-state index in [1.54, 1.807) is 37.4 Å². The van der Waals surface area contributed by atoms with Crippen LogP contribution >= 0.6 is 0 Å². The summed E-state index contributed by atoms with van der Waals surface area (Å²) in [5.41, 5.74) is 1.40. The highest BCUT2D eigenvalue weighted by atomic mass is 19.1. The molecule has 23 heavy (non-hydrogen) atoms. The molecule has 4 nitrogen and oxygen atoms in total. The molecule has 1 N–H and O–H groups in total. The number of benzene rings is 2. The van der Waals surface area contributed by atoms with E-state index in [1.165, 1.54) is 12.1 Å². The largest absolute Gasteiger partial charge is 0.484 e. The van der Waals surface area contributed by atoms with E-state index in [4.69, 9.17) is 9.15 Å². The lowest BCUT2D eigenvalue weighted by Gasteiger charge is -2.08. The number of hydrogen-bond acceptors (Lipinski definition) is 4. The fourth-order valence-electron chi connectivity index (χ4n) is 2.16. The van der Waals surface area contributed by atoms with Crippen molar-refractivity contribution in [1.29, 1.82) is 0 Å². The van der Waals surface area contributed by atoms with Gasteiger partial charge < -0.3 is 14.3 Å². The summed E-state index contributed by atoms with van der Waals surface area (Å²) in [7, 11) is 0. The predicted molar refractivity (Wildman–Crippen MR) is 83.3 cm³/mol. The van der Waals surface area contributed by atoms with Crippen molar-refractivity contribution in [2.45, 2.75) is 19.6 Å². The maximum Gasteiger partial charge on any atom is 0.232 e. The first-order chi connectivity index (χ1) is 11.1. The van der Waals surface area contributed by atoms with Crippen LogP contribution in [0.4, 0.5) is 4.39 Å². The Hall–Kier alpha value is -2.66. The van der Waals surface area contributed by atoms with Gasteiger partial charge in [0.2, 0.25) is 5.89 Å². The Labute approximate surface area is 133 Å². The molecule has 0 radical (unpaired) electrons. The Morgan fingerprint density at radius 3 is 2.83 bits per heavy atom. The molecule has 2 aromatic carbocycles. The molecule has 1 atom stereocenters. The normalized spacial score (nSPS) is 12.1. The third kappa shape index (κ3) is 3.76. The Morgan fingerprint density at radius 2 is 2.04 bits per heavy atom. The van der Waals surface area contributed by atoms with Crippen LogP contribution in [0.5, 0.6) is 5.75 Å². The van der Waals surface area contributed by atoms with Crippen molar-refractivity contribution in [3.8, 4) is 17.1 Å². The molecular formula is C18H16FNO3. The van der Waals surface area contributed by atoms with E-state index in [9.17, 15) is 9.50 Å². The van der Waals surface area contributed by atoms with Gasteiger partial charge in [0.15, 0.2) is 12.4 Å². The summed E-state index contributed by atoms with van der Waals surface area (Å²) in [5, 5.41) is 9.57. The molecule has 0 bridgehead atoms. The molecule has 5 heteroatoms. The first-order valence-corrected chi connectivity index (χ1v) is 7.23. The maximum absolute atomic E-state index is 13.2. The molecule has 0 aliphatic carbocycles. The van der Waals surface area contributed by atoms with Gasteiger partial charge in [0, 0.05) is 5.56 Å². The minimum Gasteiger partial charge on any atom is -0.484 e. The van der Waals surface area contributed by atoms with E-state index in [0.29, 0.717) is 23.0 Å². The number of rotatable bonds is 5. The van der Waals surface area contributed by atoms with Gasteiger partial charge in [-0.3, -0.25) is 0 Å². The van der Waals surface area contributed by atoms with Gasteiger partial charge in [-0.1, -0.05) is 24.3 Å². The molecule has 0 spiro atoms. The van der Waals surface area contributed by atoms with Crippen molar-refractivity contribution in [1.82, 2.24) is 4.98 Å². The topological polar surface area (TPSA) is 55.5 Å². The third-order valence-electron chi connectivity index (χ3n) is 3.37. The first kappa shape index (κ1) is 15.2. The summed E-state index contributed by atoms with van der Waals surface area (Å²) in [6, 6.07) is 13.3. The molecule has 1 heterocycles. The van der Waals surface area contributed by atoms with Crippen LogP contribution < -0.4 is 4.74 Å². The fraction of sp³-hybridized carbons (Fsp3) is 0.167. The second-order valence-electron chi connectivity index (χ2n) is 5.17. The number of aliphatic hydroxyl groups excluding tert-OH is 1. The van der Waals surface area contributed by atoms with E-state index in [0.717, 1.165) is 5.56 Å². The molecule has 0 saturated carbocycles. The van der Waals surface area contributed by atoms with Crippen LogP contribution in [0.25, 0.3) is 11.3 Å². The third-order valence-corrected chi connectivity index (χ3v) is 3.37. The summed E-state index contributed by atoms with van der Waals surface area (Å²) in [6.07, 6.45) is 0.986. The van der Waals surface area contributed by atoms with Crippen LogP contribution in [0.2, 0.25) is 0 Å². The molecule has 3 rings (SSSR count). The van der Waals surface area contributed by atoms with Gasteiger partial charge in [-0.15, -0.1) is 0 Å². The van der Waals surface area contributed by atoms with Crippen molar-refractivity contribution < 1.29 is 18.7 Å². The van der Waals surface area contributed by atoms with E-state index in [2.05, 4.69) is 4.98 Å². The predicted octanol–water partition coefficient (Wildman–Crippen LogP) is 4.11. The Balaban J connectivity index is 1.69. The summed E-state index contributed by atoms with van der Waals surface area (Å²) >= 11 is 0. The minimum atomic E-state index is -0.556. The monoisotopic (exact) mass is 313 g/mol. The van der Waals surface area contributed by atoms with Crippen molar-refractivity contribution in [2.75, 3.05) is 0 Å². The van der Waals surface area contributed by atoms with E-state index < -0.39 is 6.10 Å². The molecule has 0 fully saturated rings. The zero-order valence-corrected chi connectivity index (χ0v) is 12.6. The Kier molecular flexibility index (Phi) is 4.39. The summed E-state index contributed by atoms with van der Waals surface area (Å²) < 4.78 is 24.4. The Bertz CT molecular complexity index is 798. The smallest absolute Gasteiger partial charge is 0.232 e. The lowest BCUT2D eigenvalue weighted by Crippen LogP contribution is -1.97. The molecule has 0 amide bonds. The van der Waals surface area contributed by atoms with Gasteiger partial charge in [-0.05, 0) is 36.8 Å². The highest BCUT2D eigenvalue weighted by Gasteiger charge is 2.08. The SMILES string of the molecule is CC(O)c1cccc(OCc2ncc(-c3cccc(F)c3)o2)c1. The van der Waals surface area contributed by atoms with E-state index in [-0.39, 0.29) is 12.4 Å². The number of halogens is 1. The molecule has 0 aliphatic heterocycles. The molecule has 1 unspecified atom stereocenters. The quantitative estimate of drug-likeness (QED) is 0.770. The average Bonchev–Trinajstić information content (AvgIpc) is 3.02. The lowest BCUT2D eigenvalue weighted by molar-refractivity contribution is 0.198. The second kappa shape index (κ2) is 6.62. The molecular weight excluding hydrogens is 297 g/mol. The van der Waals surface area contributed by atoms with Gasteiger partial charge in [-0.2, -0.15) is 0 Å². The summed E-state index contributed by atoms with van der Waals surface area (Å²) in [4.78, 5) is 4.13. The number of nitrogens with zero attached hydrogens (tertiary/aromatic N) is 1. The lowest BCUT2D eigenvalue weighted by atomic mass is 10.1. The van der Waals surface area contributed by atoms with Crippen LogP contribution in [0.15, 0.2) is 59.1 Å². The van der Waals surface area contributed by atoms with Crippen LogP contribution in [0, 0.1) is 5.82 Å². The standard InChI is InChI=1S/C18H16FNO3/c1-12(21)13-4-3-7-16(9-13)22-11-18-20-10-17(23-18)14-5-2-6-15(19)8-14/h2-10,12,21H,11H2,1H3. The average molecular weight is 313 g/mol. The number of hydrogen-bond donors (Lipinski definition) is 1. The summed E-state index contributed by atoms with van der Waals surface area (Å²) in [6.45, 7) is 1.84. The van der Waals surface area contributed by atoms with Crippen LogP contribution in [0.3, 0.4) is 0 Å². The van der Waals surface area contributed by atoms with Gasteiger partial charge in [0.05, 0.1) is 12.3 Å². The number of aliphatic hydroxyl groups is 1. The molecule has 3 aromatic rings. The van der Waals surface area contributed by atoms with Gasteiger partial charge in [0.1, 0.15) is 11.6 Å². The molecule has 0 aliphatic rings. The van der Waals surface area contributed by atoms with Crippen LogP contribution in [0.1, 0.15) is 24.5 Å². The van der Waals surface area contributed by atoms with Crippen molar-refractivity contribution in [2.24, 2.45) is 0 Å². The summed E-state index contributed by atoms with van der Waals surface area (Å²) in [5.74, 6) is 1.17. The number of oxazole rings is 1. The molecule has 1 aromatic heterocycles. The van der Waals surface area contributed by atoms with Gasteiger partial charge in [0.25, 0.3) is 0 Å². The van der Waals surface area contributed by atoms with Crippen LogP contribution in [-0.2, 0) is 6.61 Å². The first-order valence-electron chi connectivity index (χ1n) is 7.23. The Morgan fingerprint density at radius 1 is 1.22 bits per heavy atom. The van der Waals surface area contributed by atoms with Crippen LogP contribution in [-0.4, -0.2) is 10.1 Å². The van der Waals surface area contributed by atoms with Crippen molar-refractivity contribution >= 4 is 0 Å². The molecule has 0 saturated heterocycles. The van der Waals surface area contributed by atoms with E-state index in [1.807, 2.05) is 12.1 Å². The second-order valence-corrected chi connectivity index (χ2v) is 5.17. The molecule has 118 valence electrons. The number of ether oxygens (including phenoxy) is 1. The highest BCUT2D eigenvalue weighted by Crippen LogP contribution is 2.23. The minimum absolute atomic E-state index is 0.151. The maximum atomic E-state index is 13.2. The zero-order valence-electron chi connectivity index (χ0n) is 12.6. The number of aromatic nitrogens is 1. The van der Waals surface area contributed by atoms with Crippen molar-refractivity contribution in [3.63, 3.8) is 0 Å². The van der Waals surface area contributed by atoms with Crippen molar-refractivity contribution in [3.05, 3.63) is 72.0 Å². The van der Waals surface area contributed by atoms with Gasteiger partial charge >= 0.3 is 0 Å². The van der Waals surface area contributed by atoms with Gasteiger partial charge in [-0.25, -0.2) is 9.37 Å². The zero-order chi connectivity index (χ0) is 16.2.